The van der Waals surface area contributed by atoms with Gasteiger partial charge in [0.1, 0.15) is 0 Å². The van der Waals surface area contributed by atoms with Crippen molar-refractivity contribution in [1.29, 1.82) is 0 Å². The van der Waals surface area contributed by atoms with Crippen molar-refractivity contribution < 1.29 is 18.8 Å². The largest absolute Gasteiger partial charge is 0.376 e. The minimum absolute atomic E-state index is 0.0628. The van der Waals surface area contributed by atoms with E-state index in [1.165, 1.54) is 6.07 Å². The number of rotatable bonds is 5. The van der Waals surface area contributed by atoms with Crippen LogP contribution in [0.25, 0.3) is 0 Å². The number of amides is 2. The van der Waals surface area contributed by atoms with Crippen LogP contribution in [-0.2, 0) is 4.74 Å². The Morgan fingerprint density at radius 1 is 1.29 bits per heavy atom. The van der Waals surface area contributed by atoms with Crippen molar-refractivity contribution >= 4 is 17.5 Å². The van der Waals surface area contributed by atoms with E-state index in [4.69, 9.17) is 9.26 Å². The highest BCUT2D eigenvalue weighted by atomic mass is 16.5. The molecule has 1 aromatic carbocycles. The number of hydrogen-bond donors (Lipinski definition) is 2. The Kier molecular flexibility index (Phi) is 4.90. The van der Waals surface area contributed by atoms with Gasteiger partial charge in [0.25, 0.3) is 11.8 Å². The number of anilines is 1. The Hall–Kier alpha value is -2.67. The zero-order chi connectivity index (χ0) is 16.9. The van der Waals surface area contributed by atoms with Crippen LogP contribution in [-0.4, -0.2) is 36.2 Å². The van der Waals surface area contributed by atoms with Crippen LogP contribution in [0.1, 0.15) is 39.4 Å². The summed E-state index contributed by atoms with van der Waals surface area (Å²) >= 11 is 0. The molecule has 0 spiro atoms. The summed E-state index contributed by atoms with van der Waals surface area (Å²) in [5.41, 5.74) is 1.42. The van der Waals surface area contributed by atoms with Gasteiger partial charge >= 0.3 is 0 Å². The summed E-state index contributed by atoms with van der Waals surface area (Å²) in [6, 6.07) is 8.36. The van der Waals surface area contributed by atoms with Crippen molar-refractivity contribution in [3.8, 4) is 0 Å². The zero-order valence-electron chi connectivity index (χ0n) is 13.4. The SMILES string of the molecule is Cc1cc(C(=O)Nc2ccccc2C(=O)NCC2CCCO2)on1. The van der Waals surface area contributed by atoms with E-state index in [0.29, 0.717) is 23.5 Å². The van der Waals surface area contributed by atoms with E-state index in [1.807, 2.05) is 0 Å². The molecule has 3 rings (SSSR count). The van der Waals surface area contributed by atoms with Gasteiger partial charge in [-0.25, -0.2) is 0 Å². The van der Waals surface area contributed by atoms with E-state index in [2.05, 4.69) is 15.8 Å². The summed E-state index contributed by atoms with van der Waals surface area (Å²) in [6.07, 6.45) is 2.03. The number of ether oxygens (including phenoxy) is 1. The van der Waals surface area contributed by atoms with E-state index in [1.54, 1.807) is 31.2 Å². The summed E-state index contributed by atoms with van der Waals surface area (Å²) in [5, 5.41) is 9.21. The predicted octanol–water partition coefficient (Wildman–Crippen LogP) is 2.14. The van der Waals surface area contributed by atoms with Gasteiger partial charge in [-0.1, -0.05) is 17.3 Å². The molecule has 0 aliphatic carbocycles. The van der Waals surface area contributed by atoms with Crippen molar-refractivity contribution in [2.45, 2.75) is 25.9 Å². The molecule has 1 fully saturated rings. The maximum atomic E-state index is 12.4. The highest BCUT2D eigenvalue weighted by Crippen LogP contribution is 2.17. The second-order valence-corrected chi connectivity index (χ2v) is 5.68. The Labute approximate surface area is 139 Å². The molecule has 1 aromatic heterocycles. The van der Waals surface area contributed by atoms with Gasteiger partial charge in [0.15, 0.2) is 0 Å². The lowest BCUT2D eigenvalue weighted by Gasteiger charge is -2.13. The standard InChI is InChI=1S/C17H19N3O4/c1-11-9-15(24-20-11)17(22)19-14-7-3-2-6-13(14)16(21)18-10-12-5-4-8-23-12/h2-3,6-7,9,12H,4-5,8,10H2,1H3,(H,18,21)(H,19,22). The minimum atomic E-state index is -0.449. The summed E-state index contributed by atoms with van der Waals surface area (Å²) in [7, 11) is 0. The number of aromatic nitrogens is 1. The molecular formula is C17H19N3O4. The summed E-state index contributed by atoms with van der Waals surface area (Å²) in [4.78, 5) is 24.6. The normalized spacial score (nSPS) is 16.8. The fraction of sp³-hybridized carbons (Fsp3) is 0.353. The molecule has 126 valence electrons. The number of nitrogens with one attached hydrogen (secondary N) is 2. The average Bonchev–Trinajstić information content (AvgIpc) is 3.24. The molecule has 24 heavy (non-hydrogen) atoms. The van der Waals surface area contributed by atoms with Gasteiger partial charge in [-0.15, -0.1) is 0 Å². The smallest absolute Gasteiger partial charge is 0.294 e. The Balaban J connectivity index is 1.67. The molecule has 1 unspecified atom stereocenters. The van der Waals surface area contributed by atoms with Gasteiger partial charge in [-0.2, -0.15) is 0 Å². The third-order valence-electron chi connectivity index (χ3n) is 3.79. The van der Waals surface area contributed by atoms with Crippen LogP contribution in [0, 0.1) is 6.92 Å². The maximum absolute atomic E-state index is 12.4. The number of carbonyl (C=O) groups excluding carboxylic acids is 2. The van der Waals surface area contributed by atoms with Crippen molar-refractivity contribution in [2.75, 3.05) is 18.5 Å². The topological polar surface area (TPSA) is 93.5 Å². The number of hydrogen-bond acceptors (Lipinski definition) is 5. The van der Waals surface area contributed by atoms with Crippen molar-refractivity contribution in [3.05, 3.63) is 47.3 Å². The van der Waals surface area contributed by atoms with E-state index in [-0.39, 0.29) is 17.8 Å². The molecule has 2 N–H and O–H groups in total. The lowest BCUT2D eigenvalue weighted by Crippen LogP contribution is -2.32. The minimum Gasteiger partial charge on any atom is -0.376 e. The molecule has 1 atom stereocenters. The number of benzene rings is 1. The monoisotopic (exact) mass is 329 g/mol. The molecule has 1 aliphatic rings. The second kappa shape index (κ2) is 7.27. The Morgan fingerprint density at radius 3 is 2.83 bits per heavy atom. The first-order valence-electron chi connectivity index (χ1n) is 7.87. The fourth-order valence-corrected chi connectivity index (χ4v) is 2.55. The summed E-state index contributed by atoms with van der Waals surface area (Å²) in [5.74, 6) is -0.604. The molecule has 2 amide bonds. The first-order chi connectivity index (χ1) is 11.6. The molecule has 0 saturated carbocycles. The summed E-state index contributed by atoms with van der Waals surface area (Å²) in [6.45, 7) is 2.93. The van der Waals surface area contributed by atoms with Gasteiger partial charge in [0.2, 0.25) is 5.76 Å². The van der Waals surface area contributed by atoms with Gasteiger partial charge < -0.3 is 19.9 Å². The third-order valence-corrected chi connectivity index (χ3v) is 3.79. The van der Waals surface area contributed by atoms with E-state index < -0.39 is 5.91 Å². The molecule has 0 radical (unpaired) electrons. The van der Waals surface area contributed by atoms with Crippen LogP contribution in [0.4, 0.5) is 5.69 Å². The average molecular weight is 329 g/mol. The Bertz CT molecular complexity index is 735. The van der Waals surface area contributed by atoms with E-state index >= 15 is 0 Å². The number of carbonyl (C=O) groups is 2. The van der Waals surface area contributed by atoms with Crippen LogP contribution in [0.3, 0.4) is 0 Å². The molecule has 0 bridgehead atoms. The van der Waals surface area contributed by atoms with Crippen molar-refractivity contribution in [1.82, 2.24) is 10.5 Å². The van der Waals surface area contributed by atoms with Crippen LogP contribution in [0.15, 0.2) is 34.9 Å². The Morgan fingerprint density at radius 2 is 2.12 bits per heavy atom. The second-order valence-electron chi connectivity index (χ2n) is 5.68. The molecule has 7 heteroatoms. The van der Waals surface area contributed by atoms with Gasteiger partial charge in [0, 0.05) is 19.2 Å². The molecule has 2 aromatic rings. The lowest BCUT2D eigenvalue weighted by molar-refractivity contribution is 0.0858. The number of nitrogens with zero attached hydrogens (tertiary/aromatic N) is 1. The van der Waals surface area contributed by atoms with E-state index in [9.17, 15) is 9.59 Å². The first-order valence-corrected chi connectivity index (χ1v) is 7.87. The van der Waals surface area contributed by atoms with Crippen LogP contribution < -0.4 is 10.6 Å². The molecule has 2 heterocycles. The van der Waals surface area contributed by atoms with Crippen LogP contribution in [0.2, 0.25) is 0 Å². The van der Waals surface area contributed by atoms with Crippen molar-refractivity contribution in [2.24, 2.45) is 0 Å². The third kappa shape index (κ3) is 3.80. The fourth-order valence-electron chi connectivity index (χ4n) is 2.55. The predicted molar refractivity (Wildman–Crippen MR) is 86.9 cm³/mol. The zero-order valence-corrected chi connectivity index (χ0v) is 13.4. The summed E-state index contributed by atoms with van der Waals surface area (Å²) < 4.78 is 10.4. The van der Waals surface area contributed by atoms with E-state index in [0.717, 1.165) is 19.4 Å². The lowest BCUT2D eigenvalue weighted by atomic mass is 10.1. The first kappa shape index (κ1) is 16.2. The highest BCUT2D eigenvalue weighted by molar-refractivity contribution is 6.07. The van der Waals surface area contributed by atoms with Crippen LogP contribution >= 0.6 is 0 Å². The number of aryl methyl sites for hydroxylation is 1. The van der Waals surface area contributed by atoms with Gasteiger partial charge in [-0.05, 0) is 31.9 Å². The molecular weight excluding hydrogens is 310 g/mol. The molecule has 7 nitrogen and oxygen atoms in total. The molecule has 1 saturated heterocycles. The van der Waals surface area contributed by atoms with Crippen LogP contribution in [0.5, 0.6) is 0 Å². The quantitative estimate of drug-likeness (QED) is 0.876. The van der Waals surface area contributed by atoms with Gasteiger partial charge in [0.05, 0.1) is 23.0 Å². The van der Waals surface area contributed by atoms with Crippen molar-refractivity contribution in [3.63, 3.8) is 0 Å². The van der Waals surface area contributed by atoms with Gasteiger partial charge in [-0.3, -0.25) is 9.59 Å². The maximum Gasteiger partial charge on any atom is 0.294 e. The highest BCUT2D eigenvalue weighted by Gasteiger charge is 2.19. The number of para-hydroxylation sites is 1. The molecule has 1 aliphatic heterocycles.